The van der Waals surface area contributed by atoms with Gasteiger partial charge in [-0.15, -0.1) is 0 Å². The van der Waals surface area contributed by atoms with Crippen molar-refractivity contribution >= 4 is 0 Å². The van der Waals surface area contributed by atoms with Gasteiger partial charge in [-0.1, -0.05) is 6.07 Å². The Hall–Kier alpha value is -1.26. The number of phenolic OH excluding ortho intramolecular Hbond substituents is 2. The highest BCUT2D eigenvalue weighted by atomic mass is 16.3. The second kappa shape index (κ2) is 4.51. The van der Waals surface area contributed by atoms with E-state index in [1.165, 1.54) is 12.1 Å². The largest absolute Gasteiger partial charge is 0.504 e. The lowest BCUT2D eigenvalue weighted by atomic mass is 9.96. The highest BCUT2D eigenvalue weighted by Gasteiger charge is 2.20. The highest BCUT2D eigenvalue weighted by molar-refractivity contribution is 5.40. The van der Waals surface area contributed by atoms with E-state index in [9.17, 15) is 10.2 Å². The summed E-state index contributed by atoms with van der Waals surface area (Å²) < 4.78 is 0. The second-order valence-electron chi connectivity index (χ2n) is 4.03. The number of phenols is 2. The maximum Gasteiger partial charge on any atom is 0.157 e. The summed E-state index contributed by atoms with van der Waals surface area (Å²) in [6.07, 6.45) is 0.418. The van der Waals surface area contributed by atoms with Gasteiger partial charge in [0.15, 0.2) is 11.5 Å². The summed E-state index contributed by atoms with van der Waals surface area (Å²) in [4.78, 5) is 0. The zero-order valence-electron chi connectivity index (χ0n) is 8.99. The monoisotopic (exact) mass is 211 g/mol. The normalized spacial score (nSPS) is 14.9. The molecule has 0 saturated heterocycles. The van der Waals surface area contributed by atoms with Crippen LogP contribution >= 0.6 is 0 Å². The fourth-order valence-corrected chi connectivity index (χ4v) is 1.56. The Bertz CT molecular complexity index is 337. The molecule has 1 aromatic rings. The van der Waals surface area contributed by atoms with Crippen LogP contribution in [0.2, 0.25) is 0 Å². The third kappa shape index (κ3) is 3.42. The van der Waals surface area contributed by atoms with Crippen LogP contribution in [-0.2, 0) is 6.42 Å². The second-order valence-corrected chi connectivity index (χ2v) is 4.03. The van der Waals surface area contributed by atoms with E-state index in [-0.39, 0.29) is 11.5 Å². The van der Waals surface area contributed by atoms with Gasteiger partial charge in [-0.2, -0.15) is 0 Å². The lowest BCUT2D eigenvalue weighted by molar-refractivity contribution is 0.0622. The summed E-state index contributed by atoms with van der Waals surface area (Å²) in [6.45, 7) is 2.18. The third-order valence-corrected chi connectivity index (χ3v) is 2.18. The molecule has 0 aromatic heterocycles. The molecule has 1 atom stereocenters. The van der Waals surface area contributed by atoms with Crippen molar-refractivity contribution < 1.29 is 15.3 Å². The number of likely N-dealkylation sites (N-methyl/N-ethyl adjacent to an activating group) is 1. The van der Waals surface area contributed by atoms with Gasteiger partial charge in [0.25, 0.3) is 0 Å². The van der Waals surface area contributed by atoms with Gasteiger partial charge in [0.1, 0.15) is 0 Å². The average Bonchev–Trinajstić information content (AvgIpc) is 2.10. The van der Waals surface area contributed by atoms with Gasteiger partial charge < -0.3 is 20.6 Å². The van der Waals surface area contributed by atoms with Crippen molar-refractivity contribution in [1.29, 1.82) is 0 Å². The Morgan fingerprint density at radius 1 is 1.27 bits per heavy atom. The van der Waals surface area contributed by atoms with Crippen molar-refractivity contribution in [2.24, 2.45) is 0 Å². The molecule has 4 N–H and O–H groups in total. The van der Waals surface area contributed by atoms with Gasteiger partial charge in [-0.25, -0.2) is 0 Å². The van der Waals surface area contributed by atoms with E-state index >= 15 is 0 Å². The van der Waals surface area contributed by atoms with E-state index in [1.807, 2.05) is 0 Å². The minimum absolute atomic E-state index is 0.146. The quantitative estimate of drug-likeness (QED) is 0.551. The molecule has 1 unspecified atom stereocenters. The summed E-state index contributed by atoms with van der Waals surface area (Å²) >= 11 is 0. The van der Waals surface area contributed by atoms with Crippen LogP contribution in [0.5, 0.6) is 11.5 Å². The van der Waals surface area contributed by atoms with Gasteiger partial charge in [0.2, 0.25) is 0 Å². The van der Waals surface area contributed by atoms with E-state index in [1.54, 1.807) is 20.0 Å². The summed E-state index contributed by atoms with van der Waals surface area (Å²) in [6, 6.07) is 4.55. The number of benzene rings is 1. The molecule has 0 aliphatic carbocycles. The van der Waals surface area contributed by atoms with Crippen LogP contribution in [0, 0.1) is 0 Å². The Kier molecular flexibility index (Phi) is 3.55. The number of aromatic hydroxyl groups is 2. The average molecular weight is 211 g/mol. The number of hydrogen-bond acceptors (Lipinski definition) is 4. The van der Waals surface area contributed by atoms with Crippen molar-refractivity contribution in [3.8, 4) is 11.5 Å². The van der Waals surface area contributed by atoms with E-state index in [2.05, 4.69) is 5.32 Å². The Morgan fingerprint density at radius 3 is 2.47 bits per heavy atom. The summed E-state index contributed by atoms with van der Waals surface area (Å²) in [7, 11) is 1.77. The molecule has 1 rings (SSSR count). The first-order valence-electron chi connectivity index (χ1n) is 4.82. The van der Waals surface area contributed by atoms with Gasteiger partial charge in [-0.05, 0) is 31.7 Å². The lowest BCUT2D eigenvalue weighted by Gasteiger charge is -2.22. The van der Waals surface area contributed by atoms with Gasteiger partial charge in [-0.3, -0.25) is 0 Å². The molecule has 0 aliphatic heterocycles. The molecule has 0 bridgehead atoms. The molecular weight excluding hydrogens is 194 g/mol. The minimum Gasteiger partial charge on any atom is -0.504 e. The Morgan fingerprint density at radius 2 is 1.93 bits per heavy atom. The molecule has 0 heterocycles. The van der Waals surface area contributed by atoms with Crippen LogP contribution in [-0.4, -0.2) is 34.5 Å². The van der Waals surface area contributed by atoms with Crippen molar-refractivity contribution in [3.05, 3.63) is 23.8 Å². The molecule has 84 valence electrons. The van der Waals surface area contributed by atoms with Gasteiger partial charge in [0, 0.05) is 13.0 Å². The van der Waals surface area contributed by atoms with Crippen LogP contribution in [0.25, 0.3) is 0 Å². The van der Waals surface area contributed by atoms with E-state index in [0.717, 1.165) is 5.56 Å². The van der Waals surface area contributed by atoms with Crippen molar-refractivity contribution in [3.63, 3.8) is 0 Å². The maximum atomic E-state index is 9.92. The molecule has 0 radical (unpaired) electrons. The van der Waals surface area contributed by atoms with Gasteiger partial charge >= 0.3 is 0 Å². The summed E-state index contributed by atoms with van der Waals surface area (Å²) in [5.74, 6) is -0.306. The zero-order valence-corrected chi connectivity index (χ0v) is 8.99. The Balaban J connectivity index is 2.76. The maximum absolute atomic E-state index is 9.92. The first-order valence-corrected chi connectivity index (χ1v) is 4.82. The molecule has 0 fully saturated rings. The molecule has 0 amide bonds. The predicted octanol–water partition coefficient (Wildman–Crippen LogP) is 0.611. The van der Waals surface area contributed by atoms with Crippen molar-refractivity contribution in [2.75, 3.05) is 13.6 Å². The first kappa shape index (κ1) is 11.8. The SMILES string of the molecule is CNCC(C)(O)Cc1ccc(O)c(O)c1. The summed E-state index contributed by atoms with van der Waals surface area (Å²) in [5, 5.41) is 31.2. The smallest absolute Gasteiger partial charge is 0.157 e. The molecule has 0 saturated carbocycles. The number of nitrogens with one attached hydrogen (secondary N) is 1. The topological polar surface area (TPSA) is 72.7 Å². The minimum atomic E-state index is -0.863. The molecule has 0 spiro atoms. The molecule has 1 aromatic carbocycles. The molecule has 15 heavy (non-hydrogen) atoms. The van der Waals surface area contributed by atoms with E-state index in [0.29, 0.717) is 13.0 Å². The summed E-state index contributed by atoms with van der Waals surface area (Å²) in [5.41, 5.74) is -0.0800. The van der Waals surface area contributed by atoms with E-state index in [4.69, 9.17) is 5.11 Å². The van der Waals surface area contributed by atoms with Crippen LogP contribution < -0.4 is 5.32 Å². The predicted molar refractivity (Wildman–Crippen MR) is 58.0 cm³/mol. The standard InChI is InChI=1S/C11H17NO3/c1-11(15,7-12-2)6-8-3-4-9(13)10(14)5-8/h3-5,12-15H,6-7H2,1-2H3. The fraction of sp³-hybridized carbons (Fsp3) is 0.455. The zero-order chi connectivity index (χ0) is 11.5. The number of rotatable bonds is 4. The number of hydrogen-bond donors (Lipinski definition) is 4. The van der Waals surface area contributed by atoms with Crippen LogP contribution in [0.15, 0.2) is 18.2 Å². The lowest BCUT2D eigenvalue weighted by Crippen LogP contribution is -2.38. The van der Waals surface area contributed by atoms with Gasteiger partial charge in [0.05, 0.1) is 5.60 Å². The van der Waals surface area contributed by atoms with Crippen LogP contribution in [0.1, 0.15) is 12.5 Å². The van der Waals surface area contributed by atoms with Crippen LogP contribution in [0.3, 0.4) is 0 Å². The highest BCUT2D eigenvalue weighted by Crippen LogP contribution is 2.26. The van der Waals surface area contributed by atoms with Crippen molar-refractivity contribution in [2.45, 2.75) is 18.9 Å². The third-order valence-electron chi connectivity index (χ3n) is 2.18. The van der Waals surface area contributed by atoms with Crippen LogP contribution in [0.4, 0.5) is 0 Å². The molecule has 0 aliphatic rings. The molecular formula is C11H17NO3. The first-order chi connectivity index (χ1) is 6.94. The Labute approximate surface area is 89.2 Å². The number of aliphatic hydroxyl groups is 1. The van der Waals surface area contributed by atoms with Crippen molar-refractivity contribution in [1.82, 2.24) is 5.32 Å². The molecule has 4 nitrogen and oxygen atoms in total. The molecule has 4 heteroatoms. The van der Waals surface area contributed by atoms with E-state index < -0.39 is 5.60 Å². The fourth-order valence-electron chi connectivity index (χ4n) is 1.56.